The summed E-state index contributed by atoms with van der Waals surface area (Å²) >= 11 is 0. The number of aliphatic hydroxyl groups is 2. The van der Waals surface area contributed by atoms with Crippen molar-refractivity contribution in [2.24, 2.45) is 0 Å². The normalized spacial score (nSPS) is 25.4. The number of nitrogen functional groups attached to an aromatic ring is 1. The number of aromatic nitrogens is 6. The molecule has 0 unspecified atom stereocenters. The van der Waals surface area contributed by atoms with Gasteiger partial charge in [-0.1, -0.05) is 0 Å². The SMILES string of the molecule is Nc1ncnc2c1ncn2[C@@H]1O[C@H](CO)[C@@H](O)[C@H]1OCCCn1ccnc1. The number of aliphatic hydroxyl groups excluding tert-OH is 2. The first-order valence-corrected chi connectivity index (χ1v) is 8.63. The molecular formula is C16H21N7O4. The van der Waals surface area contributed by atoms with Gasteiger partial charge in [-0.25, -0.2) is 19.9 Å². The van der Waals surface area contributed by atoms with Crippen LogP contribution in [0.5, 0.6) is 0 Å². The van der Waals surface area contributed by atoms with Crippen molar-refractivity contribution >= 4 is 17.0 Å². The zero-order chi connectivity index (χ0) is 18.8. The number of hydrogen-bond acceptors (Lipinski definition) is 9. The van der Waals surface area contributed by atoms with Crippen LogP contribution in [0.3, 0.4) is 0 Å². The van der Waals surface area contributed by atoms with Crippen molar-refractivity contribution in [3.05, 3.63) is 31.4 Å². The molecule has 144 valence electrons. The van der Waals surface area contributed by atoms with E-state index in [0.29, 0.717) is 17.8 Å². The van der Waals surface area contributed by atoms with E-state index < -0.39 is 24.5 Å². The minimum atomic E-state index is -0.982. The number of imidazole rings is 2. The van der Waals surface area contributed by atoms with Gasteiger partial charge in [-0.3, -0.25) is 4.57 Å². The second-order valence-electron chi connectivity index (χ2n) is 6.31. The van der Waals surface area contributed by atoms with Crippen molar-refractivity contribution in [1.29, 1.82) is 0 Å². The zero-order valence-electron chi connectivity index (χ0n) is 14.5. The Kier molecular flexibility index (Phi) is 4.99. The van der Waals surface area contributed by atoms with Crippen LogP contribution in [0.4, 0.5) is 5.82 Å². The van der Waals surface area contributed by atoms with Crippen molar-refractivity contribution in [2.75, 3.05) is 18.9 Å². The molecule has 4 rings (SSSR count). The molecule has 0 radical (unpaired) electrons. The van der Waals surface area contributed by atoms with E-state index in [1.807, 2.05) is 10.8 Å². The van der Waals surface area contributed by atoms with Gasteiger partial charge in [0.05, 0.1) is 19.3 Å². The molecular weight excluding hydrogens is 354 g/mol. The highest BCUT2D eigenvalue weighted by Crippen LogP contribution is 2.33. The standard InChI is InChI=1S/C16H21N7O4/c17-14-11-15(20-7-19-14)23(9-21-11)16-13(12(25)10(6-24)27-16)26-5-1-3-22-4-2-18-8-22/h2,4,7-10,12-13,16,24-25H,1,3,5-6H2,(H2,17,19,20)/t10-,12-,13-,16-/m1/s1. The third-order valence-corrected chi connectivity index (χ3v) is 4.58. The summed E-state index contributed by atoms with van der Waals surface area (Å²) in [6.07, 6.45) is 5.81. The van der Waals surface area contributed by atoms with Crippen LogP contribution in [-0.2, 0) is 16.0 Å². The molecule has 1 aliphatic heterocycles. The Morgan fingerprint density at radius 3 is 2.93 bits per heavy atom. The van der Waals surface area contributed by atoms with E-state index in [9.17, 15) is 10.2 Å². The highest BCUT2D eigenvalue weighted by Gasteiger charge is 2.45. The van der Waals surface area contributed by atoms with Gasteiger partial charge in [-0.05, 0) is 6.42 Å². The summed E-state index contributed by atoms with van der Waals surface area (Å²) < 4.78 is 15.3. The molecule has 3 aromatic rings. The van der Waals surface area contributed by atoms with E-state index in [1.54, 1.807) is 17.1 Å². The summed E-state index contributed by atoms with van der Waals surface area (Å²) in [5, 5.41) is 20.0. The summed E-state index contributed by atoms with van der Waals surface area (Å²) in [4.78, 5) is 16.3. The maximum absolute atomic E-state index is 10.5. The van der Waals surface area contributed by atoms with Gasteiger partial charge in [0.2, 0.25) is 0 Å². The summed E-state index contributed by atoms with van der Waals surface area (Å²) in [6, 6.07) is 0. The molecule has 0 saturated carbocycles. The fourth-order valence-electron chi connectivity index (χ4n) is 3.21. The molecule has 0 aromatic carbocycles. The second kappa shape index (κ2) is 7.56. The molecule has 0 spiro atoms. The first-order chi connectivity index (χ1) is 13.2. The third kappa shape index (κ3) is 3.37. The van der Waals surface area contributed by atoms with Crippen molar-refractivity contribution in [3.63, 3.8) is 0 Å². The minimum absolute atomic E-state index is 0.258. The monoisotopic (exact) mass is 375 g/mol. The lowest BCUT2D eigenvalue weighted by Gasteiger charge is -2.22. The molecule has 1 aliphatic rings. The maximum Gasteiger partial charge on any atom is 0.167 e. The molecule has 0 bridgehead atoms. The topological polar surface area (TPSA) is 146 Å². The Hall–Kier alpha value is -2.60. The van der Waals surface area contributed by atoms with E-state index in [2.05, 4.69) is 19.9 Å². The summed E-state index contributed by atoms with van der Waals surface area (Å²) in [5.41, 5.74) is 6.76. The maximum atomic E-state index is 10.5. The molecule has 0 amide bonds. The van der Waals surface area contributed by atoms with E-state index in [1.165, 1.54) is 12.7 Å². The Morgan fingerprint density at radius 1 is 1.26 bits per heavy atom. The molecule has 4 heterocycles. The van der Waals surface area contributed by atoms with Crippen molar-refractivity contribution in [3.8, 4) is 0 Å². The molecule has 3 aromatic heterocycles. The van der Waals surface area contributed by atoms with Crippen LogP contribution in [0.2, 0.25) is 0 Å². The summed E-state index contributed by atoms with van der Waals surface area (Å²) in [5.74, 6) is 0.258. The average molecular weight is 375 g/mol. The zero-order valence-corrected chi connectivity index (χ0v) is 14.5. The summed E-state index contributed by atoms with van der Waals surface area (Å²) in [7, 11) is 0. The number of nitrogens with zero attached hydrogens (tertiary/aromatic N) is 6. The van der Waals surface area contributed by atoms with Crippen molar-refractivity contribution in [1.82, 2.24) is 29.1 Å². The molecule has 0 aliphatic carbocycles. The van der Waals surface area contributed by atoms with Crippen LogP contribution in [-0.4, -0.2) is 70.8 Å². The lowest BCUT2D eigenvalue weighted by molar-refractivity contribution is -0.0713. The van der Waals surface area contributed by atoms with Crippen LogP contribution in [0, 0.1) is 0 Å². The smallest absolute Gasteiger partial charge is 0.167 e. The predicted octanol–water partition coefficient (Wildman–Crippen LogP) is -0.669. The van der Waals surface area contributed by atoms with Crippen LogP contribution < -0.4 is 5.73 Å². The quantitative estimate of drug-likeness (QED) is 0.457. The van der Waals surface area contributed by atoms with Gasteiger partial charge in [-0.2, -0.15) is 0 Å². The molecule has 11 heteroatoms. The number of hydrogen-bond donors (Lipinski definition) is 3. The van der Waals surface area contributed by atoms with Gasteiger partial charge in [0.1, 0.15) is 30.2 Å². The number of nitrogens with two attached hydrogens (primary N) is 1. The fraction of sp³-hybridized carbons (Fsp3) is 0.500. The van der Waals surface area contributed by atoms with E-state index >= 15 is 0 Å². The van der Waals surface area contributed by atoms with Gasteiger partial charge in [0.15, 0.2) is 17.7 Å². The molecule has 27 heavy (non-hydrogen) atoms. The number of fused-ring (bicyclic) bond motifs is 1. The van der Waals surface area contributed by atoms with Crippen molar-refractivity contribution < 1.29 is 19.7 Å². The van der Waals surface area contributed by atoms with E-state index in [0.717, 1.165) is 13.0 Å². The Bertz CT molecular complexity index is 884. The molecule has 11 nitrogen and oxygen atoms in total. The van der Waals surface area contributed by atoms with Crippen molar-refractivity contribution in [2.45, 2.75) is 37.5 Å². The lowest BCUT2D eigenvalue weighted by atomic mass is 10.1. The van der Waals surface area contributed by atoms with E-state index in [4.69, 9.17) is 15.2 Å². The minimum Gasteiger partial charge on any atom is -0.394 e. The Morgan fingerprint density at radius 2 is 2.15 bits per heavy atom. The van der Waals surface area contributed by atoms with Crippen LogP contribution in [0.15, 0.2) is 31.4 Å². The number of aryl methyl sites for hydroxylation is 1. The van der Waals surface area contributed by atoms with E-state index in [-0.39, 0.29) is 12.4 Å². The fourth-order valence-corrected chi connectivity index (χ4v) is 3.21. The number of rotatable bonds is 7. The highest BCUT2D eigenvalue weighted by atomic mass is 16.6. The van der Waals surface area contributed by atoms with Gasteiger partial charge in [0.25, 0.3) is 0 Å². The van der Waals surface area contributed by atoms with Gasteiger partial charge < -0.3 is 30.0 Å². The van der Waals surface area contributed by atoms with Gasteiger partial charge >= 0.3 is 0 Å². The molecule has 1 saturated heterocycles. The summed E-state index contributed by atoms with van der Waals surface area (Å²) in [6.45, 7) is 0.827. The first-order valence-electron chi connectivity index (χ1n) is 8.63. The largest absolute Gasteiger partial charge is 0.394 e. The molecule has 4 atom stereocenters. The van der Waals surface area contributed by atoms with Crippen LogP contribution >= 0.6 is 0 Å². The third-order valence-electron chi connectivity index (χ3n) is 4.58. The van der Waals surface area contributed by atoms with Crippen LogP contribution in [0.25, 0.3) is 11.2 Å². The average Bonchev–Trinajstić information content (AvgIpc) is 3.39. The lowest BCUT2D eigenvalue weighted by Crippen LogP contribution is -2.35. The van der Waals surface area contributed by atoms with Gasteiger partial charge in [-0.15, -0.1) is 0 Å². The number of anilines is 1. The molecule has 1 fully saturated rings. The highest BCUT2D eigenvalue weighted by molar-refractivity contribution is 5.81. The van der Waals surface area contributed by atoms with Gasteiger partial charge in [0, 0.05) is 25.5 Å². The Balaban J connectivity index is 1.51. The first kappa shape index (κ1) is 17.8. The molecule has 4 N–H and O–H groups in total. The number of ether oxygens (including phenoxy) is 2. The predicted molar refractivity (Wildman–Crippen MR) is 93.3 cm³/mol. The Labute approximate surface area is 154 Å². The van der Waals surface area contributed by atoms with Crippen LogP contribution in [0.1, 0.15) is 12.6 Å². The second-order valence-corrected chi connectivity index (χ2v) is 6.31.